The third-order valence-electron chi connectivity index (χ3n) is 17.4. The summed E-state index contributed by atoms with van der Waals surface area (Å²) in [6, 6.07) is 54.0. The Morgan fingerprint density at radius 2 is 0.510 bits per heavy atom. The van der Waals surface area contributed by atoms with E-state index in [1.807, 2.05) is 0 Å². The molecular weight excluding hydrogens is 1250 g/mol. The number of esters is 4. The molecule has 8 aromatic carbocycles. The molecule has 100 heavy (non-hydrogen) atoms. The Morgan fingerprint density at radius 3 is 0.780 bits per heavy atom. The minimum absolute atomic E-state index is 0.202. The minimum atomic E-state index is -0.576. The van der Waals surface area contributed by atoms with Gasteiger partial charge >= 0.3 is 23.9 Å². The maximum atomic E-state index is 13.7. The molecule has 0 fully saturated rings. The number of carbonyl (C=O) groups is 5. The lowest BCUT2D eigenvalue weighted by Gasteiger charge is -2.08. The summed E-state index contributed by atoms with van der Waals surface area (Å²) < 4.78 is 34.3. The van der Waals surface area contributed by atoms with Crippen LogP contribution in [0.4, 0.5) is 11.4 Å². The fourth-order valence-corrected chi connectivity index (χ4v) is 11.5. The van der Waals surface area contributed by atoms with Crippen molar-refractivity contribution in [1.29, 1.82) is 0 Å². The van der Waals surface area contributed by atoms with Crippen molar-refractivity contribution < 1.29 is 52.4 Å². The van der Waals surface area contributed by atoms with E-state index < -0.39 is 23.9 Å². The summed E-state index contributed by atoms with van der Waals surface area (Å²) in [6.45, 7) is 5.81. The largest absolute Gasteiger partial charge is 0.494 e. The van der Waals surface area contributed by atoms with Crippen LogP contribution in [0.15, 0.2) is 204 Å². The monoisotopic (exact) mass is 1350 g/mol. The number of nitrogens with zero attached hydrogens (tertiary/aromatic N) is 2. The highest BCUT2D eigenvalue weighted by atomic mass is 16.5. The van der Waals surface area contributed by atoms with Crippen molar-refractivity contribution in [3.8, 4) is 34.5 Å². The van der Waals surface area contributed by atoms with Crippen LogP contribution in [0.5, 0.6) is 34.5 Å². The molecule has 13 nitrogen and oxygen atoms in total. The van der Waals surface area contributed by atoms with Crippen molar-refractivity contribution in [2.24, 2.45) is 9.98 Å². The molecule has 0 heterocycles. The first-order valence-corrected chi connectivity index (χ1v) is 36.7. The van der Waals surface area contributed by atoms with Gasteiger partial charge in [0.15, 0.2) is 5.78 Å². The number of hydrogen-bond donors (Lipinski definition) is 0. The first-order valence-electron chi connectivity index (χ1n) is 36.7. The van der Waals surface area contributed by atoms with E-state index in [-0.39, 0.29) is 28.4 Å². The normalized spacial score (nSPS) is 11.2. The summed E-state index contributed by atoms with van der Waals surface area (Å²) in [5.41, 5.74) is 4.84. The van der Waals surface area contributed by atoms with Gasteiger partial charge in [0.2, 0.25) is 0 Å². The quantitative estimate of drug-likeness (QED) is 0.0117. The Hall–Kier alpha value is -9.75. The molecule has 0 bridgehead atoms. The third kappa shape index (κ3) is 28.2. The number of hydrogen-bond acceptors (Lipinski definition) is 13. The number of rotatable bonds is 46. The van der Waals surface area contributed by atoms with Gasteiger partial charge in [-0.1, -0.05) is 205 Å². The molecule has 0 radical (unpaired) electrons. The summed E-state index contributed by atoms with van der Waals surface area (Å²) in [5, 5.41) is 0. The molecule has 0 saturated heterocycles. The zero-order valence-corrected chi connectivity index (χ0v) is 58.7. The molecule has 0 aliphatic heterocycles. The molecule has 524 valence electrons. The predicted octanol–water partition coefficient (Wildman–Crippen LogP) is 23.0. The topological polar surface area (TPSA) is 165 Å². The van der Waals surface area contributed by atoms with Crippen molar-refractivity contribution in [1.82, 2.24) is 0 Å². The zero-order chi connectivity index (χ0) is 70.0. The lowest BCUT2D eigenvalue weighted by molar-refractivity contribution is 0.0720. The SMILES string of the molecule is CCCCCCCCCCCCCCCCOc1ccc(C(=O)Oc2ccc(C(=O)Oc3ccc(C=Nc4cccc(C(=O)c5cccc(N=Cc6ccc(OC(=O)c7ccc(OC(=O)c8ccc(OCCCCCCCCCCCCCCCC)cc8)cc7)cc6)c5)c4)cc3)cc2)cc1. The van der Waals surface area contributed by atoms with Gasteiger partial charge in [0.05, 0.1) is 46.8 Å². The molecule has 0 aromatic heterocycles. The summed E-state index contributed by atoms with van der Waals surface area (Å²) in [4.78, 5) is 75.0. The van der Waals surface area contributed by atoms with Crippen LogP contribution in [0.25, 0.3) is 0 Å². The van der Waals surface area contributed by atoms with E-state index in [9.17, 15) is 24.0 Å². The van der Waals surface area contributed by atoms with Crippen LogP contribution in [0, 0.1) is 0 Å². The number of ether oxygens (including phenoxy) is 6. The van der Waals surface area contributed by atoms with Crippen LogP contribution in [0.3, 0.4) is 0 Å². The highest BCUT2D eigenvalue weighted by Crippen LogP contribution is 2.26. The molecular formula is C87H100N2O11. The van der Waals surface area contributed by atoms with Gasteiger partial charge in [0.25, 0.3) is 0 Å². The van der Waals surface area contributed by atoms with Crippen LogP contribution < -0.4 is 28.4 Å². The van der Waals surface area contributed by atoms with Crippen molar-refractivity contribution >= 4 is 53.5 Å². The fourth-order valence-electron chi connectivity index (χ4n) is 11.5. The molecule has 8 rings (SSSR count). The van der Waals surface area contributed by atoms with E-state index in [4.69, 9.17) is 28.4 Å². The summed E-state index contributed by atoms with van der Waals surface area (Å²) in [6.07, 6.45) is 39.9. The summed E-state index contributed by atoms with van der Waals surface area (Å²) in [7, 11) is 0. The highest BCUT2D eigenvalue weighted by Gasteiger charge is 2.16. The number of aliphatic imine (C=N–C) groups is 2. The van der Waals surface area contributed by atoms with Crippen LogP contribution in [0.2, 0.25) is 0 Å². The van der Waals surface area contributed by atoms with Gasteiger partial charge in [-0.2, -0.15) is 0 Å². The zero-order valence-electron chi connectivity index (χ0n) is 58.7. The second-order valence-electron chi connectivity index (χ2n) is 25.6. The van der Waals surface area contributed by atoms with E-state index in [1.165, 1.54) is 154 Å². The van der Waals surface area contributed by atoms with Crippen molar-refractivity contribution in [2.75, 3.05) is 13.2 Å². The first-order chi connectivity index (χ1) is 49.1. The Bertz CT molecular complexity index is 3540. The summed E-state index contributed by atoms with van der Waals surface area (Å²) in [5.74, 6) is 0.267. The number of ketones is 1. The van der Waals surface area contributed by atoms with Gasteiger partial charge in [-0.25, -0.2) is 19.2 Å². The number of carbonyl (C=O) groups excluding carboxylic acids is 5. The van der Waals surface area contributed by atoms with E-state index in [0.29, 0.717) is 69.8 Å². The second kappa shape index (κ2) is 44.3. The predicted molar refractivity (Wildman–Crippen MR) is 401 cm³/mol. The molecule has 0 atom stereocenters. The van der Waals surface area contributed by atoms with Crippen molar-refractivity contribution in [3.05, 3.63) is 239 Å². The van der Waals surface area contributed by atoms with Crippen LogP contribution in [-0.2, 0) is 0 Å². The molecule has 8 aromatic rings. The maximum absolute atomic E-state index is 13.7. The van der Waals surface area contributed by atoms with E-state index in [0.717, 1.165) is 36.8 Å². The molecule has 13 heteroatoms. The second-order valence-corrected chi connectivity index (χ2v) is 25.6. The van der Waals surface area contributed by atoms with Gasteiger partial charge in [-0.05, 0) is 194 Å². The number of benzene rings is 8. The Kier molecular flexibility index (Phi) is 33.7. The average molecular weight is 1350 g/mol. The maximum Gasteiger partial charge on any atom is 0.343 e. The molecule has 0 aliphatic carbocycles. The lowest BCUT2D eigenvalue weighted by atomic mass is 10.0. The van der Waals surface area contributed by atoms with Crippen molar-refractivity contribution in [3.63, 3.8) is 0 Å². The third-order valence-corrected chi connectivity index (χ3v) is 17.4. The highest BCUT2D eigenvalue weighted by molar-refractivity contribution is 6.10. The standard InChI is InChI=1S/C87H100N2O11/c1-3-5-7-9-11-13-15-17-19-21-23-25-27-29-61-95-77-53-41-69(42-54-77)84(91)99-81-57-45-71(46-58-81)86(93)97-79-49-37-67(38-50-79)65-88-75-35-31-33-73(63-75)83(90)74-34-32-36-76(64-74)89-66-68-39-51-80(52-40-68)98-87(94)72-47-59-82(60-48-72)100-85(92)70-43-55-78(56-44-70)96-62-30-28-26-24-22-20-18-16-14-12-10-8-6-4-2/h31-60,63-66H,3-30,61-62H2,1-2H3. The number of unbranched alkanes of at least 4 members (excludes halogenated alkanes) is 26. The molecule has 0 aliphatic rings. The van der Waals surface area contributed by atoms with Gasteiger partial charge in [-0.15, -0.1) is 0 Å². The van der Waals surface area contributed by atoms with Crippen LogP contribution in [-0.4, -0.2) is 55.3 Å². The van der Waals surface area contributed by atoms with E-state index >= 15 is 0 Å². The lowest BCUT2D eigenvalue weighted by Crippen LogP contribution is -2.10. The molecule has 0 N–H and O–H groups in total. The average Bonchev–Trinajstić information content (AvgIpc) is 0.864. The Labute approximate surface area is 592 Å². The van der Waals surface area contributed by atoms with Gasteiger partial charge in [0, 0.05) is 23.6 Å². The molecule has 0 unspecified atom stereocenters. The molecule has 0 saturated carbocycles. The van der Waals surface area contributed by atoms with Gasteiger partial charge in [-0.3, -0.25) is 14.8 Å². The summed E-state index contributed by atoms with van der Waals surface area (Å²) >= 11 is 0. The van der Waals surface area contributed by atoms with Gasteiger partial charge < -0.3 is 28.4 Å². The van der Waals surface area contributed by atoms with E-state index in [2.05, 4.69) is 23.8 Å². The molecule has 0 spiro atoms. The Balaban J connectivity index is 0.691. The molecule has 0 amide bonds. The van der Waals surface area contributed by atoms with Crippen molar-refractivity contribution in [2.45, 2.75) is 194 Å². The Morgan fingerprint density at radius 1 is 0.270 bits per heavy atom. The fraction of sp³-hybridized carbons (Fsp3) is 0.368. The minimum Gasteiger partial charge on any atom is -0.494 e. The van der Waals surface area contributed by atoms with Crippen LogP contribution in [0.1, 0.15) is 262 Å². The van der Waals surface area contributed by atoms with E-state index in [1.54, 1.807) is 207 Å². The smallest absolute Gasteiger partial charge is 0.343 e. The van der Waals surface area contributed by atoms with Gasteiger partial charge in [0.1, 0.15) is 34.5 Å². The first kappa shape index (κ1) is 76.0. The van der Waals surface area contributed by atoms with Crippen LogP contribution >= 0.6 is 0 Å².